The van der Waals surface area contributed by atoms with Gasteiger partial charge in [0.1, 0.15) is 0 Å². The summed E-state index contributed by atoms with van der Waals surface area (Å²) in [4.78, 5) is 21.5. The fourth-order valence-electron chi connectivity index (χ4n) is 1.28. The molecule has 1 fully saturated rings. The maximum atomic E-state index is 11.5. The summed E-state index contributed by atoms with van der Waals surface area (Å²) < 4.78 is 0. The number of anilines is 1. The van der Waals surface area contributed by atoms with Crippen LogP contribution < -0.4 is 11.1 Å². The Hall–Kier alpha value is -1.95. The number of nitro benzene ring substituents is 1. The molecule has 0 aliphatic heterocycles. The molecule has 0 spiro atoms. The van der Waals surface area contributed by atoms with Gasteiger partial charge < -0.3 is 11.1 Å². The van der Waals surface area contributed by atoms with E-state index in [4.69, 9.17) is 5.73 Å². The van der Waals surface area contributed by atoms with Crippen LogP contribution in [-0.4, -0.2) is 16.4 Å². The molecule has 2 rings (SSSR count). The van der Waals surface area contributed by atoms with Crippen molar-refractivity contribution < 1.29 is 9.72 Å². The smallest absolute Gasteiger partial charge is 0.269 e. The molecule has 1 saturated carbocycles. The Morgan fingerprint density at radius 3 is 2.38 bits per heavy atom. The lowest BCUT2D eigenvalue weighted by atomic mass is 10.2. The minimum atomic E-state index is -0.734. The van der Waals surface area contributed by atoms with Gasteiger partial charge in [0.05, 0.1) is 10.5 Å². The number of hydrogen-bond donors (Lipinski definition) is 2. The zero-order chi connectivity index (χ0) is 11.8. The highest BCUT2D eigenvalue weighted by atomic mass is 16.6. The van der Waals surface area contributed by atoms with Crippen LogP contribution in [0, 0.1) is 10.1 Å². The summed E-state index contributed by atoms with van der Waals surface area (Å²) in [5, 5.41) is 13.0. The van der Waals surface area contributed by atoms with Crippen molar-refractivity contribution >= 4 is 17.3 Å². The number of nitrogens with one attached hydrogen (secondary N) is 1. The van der Waals surface area contributed by atoms with E-state index in [9.17, 15) is 14.9 Å². The summed E-state index contributed by atoms with van der Waals surface area (Å²) >= 11 is 0. The zero-order valence-electron chi connectivity index (χ0n) is 8.47. The molecule has 84 valence electrons. The summed E-state index contributed by atoms with van der Waals surface area (Å²) in [5.41, 5.74) is 5.47. The molecule has 16 heavy (non-hydrogen) atoms. The van der Waals surface area contributed by atoms with Gasteiger partial charge in [-0.2, -0.15) is 0 Å². The van der Waals surface area contributed by atoms with Crippen molar-refractivity contribution in [3.05, 3.63) is 34.4 Å². The topological polar surface area (TPSA) is 98.3 Å². The quantitative estimate of drug-likeness (QED) is 0.588. The first-order valence-corrected chi connectivity index (χ1v) is 4.86. The van der Waals surface area contributed by atoms with Crippen molar-refractivity contribution in [1.29, 1.82) is 0 Å². The van der Waals surface area contributed by atoms with Gasteiger partial charge in [0.15, 0.2) is 0 Å². The van der Waals surface area contributed by atoms with Gasteiger partial charge in [-0.05, 0) is 25.0 Å². The van der Waals surface area contributed by atoms with Crippen molar-refractivity contribution in [2.45, 2.75) is 18.4 Å². The Kier molecular flexibility index (Phi) is 2.35. The first kappa shape index (κ1) is 10.6. The first-order chi connectivity index (χ1) is 7.51. The van der Waals surface area contributed by atoms with Crippen LogP contribution in [0.4, 0.5) is 11.4 Å². The molecule has 0 aromatic heterocycles. The molecule has 0 radical (unpaired) electrons. The third-order valence-corrected chi connectivity index (χ3v) is 2.58. The third-order valence-electron chi connectivity index (χ3n) is 2.58. The number of non-ortho nitro benzene ring substituents is 1. The molecule has 1 aliphatic carbocycles. The van der Waals surface area contributed by atoms with Crippen LogP contribution >= 0.6 is 0 Å². The molecule has 1 aromatic carbocycles. The van der Waals surface area contributed by atoms with Crippen molar-refractivity contribution in [3.63, 3.8) is 0 Å². The Bertz CT molecular complexity index is 437. The summed E-state index contributed by atoms with van der Waals surface area (Å²) in [6, 6.07) is 5.65. The predicted molar refractivity (Wildman–Crippen MR) is 57.9 cm³/mol. The SMILES string of the molecule is NC1(C(=O)Nc2ccc([N+](=O)[O-])cc2)CC1. The van der Waals surface area contributed by atoms with Gasteiger partial charge in [-0.25, -0.2) is 0 Å². The van der Waals surface area contributed by atoms with E-state index in [-0.39, 0.29) is 11.6 Å². The van der Waals surface area contributed by atoms with Gasteiger partial charge in [0.25, 0.3) is 5.69 Å². The maximum absolute atomic E-state index is 11.5. The van der Waals surface area contributed by atoms with Crippen molar-refractivity contribution in [1.82, 2.24) is 0 Å². The molecule has 6 heteroatoms. The normalized spacial score (nSPS) is 16.6. The van der Waals surface area contributed by atoms with E-state index in [0.717, 1.165) is 0 Å². The van der Waals surface area contributed by atoms with Gasteiger partial charge in [0.2, 0.25) is 5.91 Å². The van der Waals surface area contributed by atoms with E-state index in [1.807, 2.05) is 0 Å². The van der Waals surface area contributed by atoms with Crippen molar-refractivity contribution in [2.75, 3.05) is 5.32 Å². The molecule has 0 saturated heterocycles. The largest absolute Gasteiger partial charge is 0.324 e. The second kappa shape index (κ2) is 3.57. The monoisotopic (exact) mass is 221 g/mol. The summed E-state index contributed by atoms with van der Waals surface area (Å²) in [5.74, 6) is -0.235. The van der Waals surface area contributed by atoms with Gasteiger partial charge in [-0.3, -0.25) is 14.9 Å². The number of carbonyl (C=O) groups is 1. The van der Waals surface area contributed by atoms with Crippen LogP contribution in [0.15, 0.2) is 24.3 Å². The third kappa shape index (κ3) is 2.01. The van der Waals surface area contributed by atoms with Crippen LogP contribution in [0.3, 0.4) is 0 Å². The minimum absolute atomic E-state index is 0.00752. The molecule has 0 unspecified atom stereocenters. The van der Waals surface area contributed by atoms with E-state index in [0.29, 0.717) is 18.5 Å². The lowest BCUT2D eigenvalue weighted by Crippen LogP contribution is -2.37. The highest BCUT2D eigenvalue weighted by Gasteiger charge is 2.45. The first-order valence-electron chi connectivity index (χ1n) is 4.86. The lowest BCUT2D eigenvalue weighted by Gasteiger charge is -2.09. The zero-order valence-corrected chi connectivity index (χ0v) is 8.47. The second-order valence-electron chi connectivity index (χ2n) is 3.91. The van der Waals surface area contributed by atoms with E-state index in [1.165, 1.54) is 24.3 Å². The molecule has 3 N–H and O–H groups in total. The molecular weight excluding hydrogens is 210 g/mol. The highest BCUT2D eigenvalue weighted by molar-refractivity contribution is 6.00. The number of nitro groups is 1. The number of nitrogens with zero attached hydrogens (tertiary/aromatic N) is 1. The summed E-state index contributed by atoms with van der Waals surface area (Å²) in [7, 11) is 0. The molecule has 0 heterocycles. The molecule has 1 amide bonds. The van der Waals surface area contributed by atoms with Crippen LogP contribution in [0.1, 0.15) is 12.8 Å². The Morgan fingerprint density at radius 1 is 1.38 bits per heavy atom. The molecule has 6 nitrogen and oxygen atoms in total. The number of hydrogen-bond acceptors (Lipinski definition) is 4. The molecule has 0 atom stereocenters. The minimum Gasteiger partial charge on any atom is -0.324 e. The van der Waals surface area contributed by atoms with Crippen LogP contribution in [-0.2, 0) is 4.79 Å². The summed E-state index contributed by atoms with van der Waals surface area (Å²) in [6.45, 7) is 0. The van der Waals surface area contributed by atoms with Gasteiger partial charge in [-0.1, -0.05) is 0 Å². The average Bonchev–Trinajstić information content (AvgIpc) is 2.99. The van der Waals surface area contributed by atoms with Gasteiger partial charge >= 0.3 is 0 Å². The predicted octanol–water partition coefficient (Wildman–Crippen LogP) is 1.02. The number of benzene rings is 1. The molecule has 1 aliphatic rings. The number of amides is 1. The van der Waals surface area contributed by atoms with Crippen LogP contribution in [0.25, 0.3) is 0 Å². The number of rotatable bonds is 3. The Morgan fingerprint density at radius 2 is 1.94 bits per heavy atom. The van der Waals surface area contributed by atoms with Gasteiger partial charge in [0, 0.05) is 17.8 Å². The fourth-order valence-corrected chi connectivity index (χ4v) is 1.28. The summed E-state index contributed by atoms with van der Waals surface area (Å²) in [6.07, 6.45) is 1.37. The number of carbonyl (C=O) groups excluding carboxylic acids is 1. The lowest BCUT2D eigenvalue weighted by molar-refractivity contribution is -0.384. The second-order valence-corrected chi connectivity index (χ2v) is 3.91. The fraction of sp³-hybridized carbons (Fsp3) is 0.300. The van der Waals surface area contributed by atoms with E-state index >= 15 is 0 Å². The van der Waals surface area contributed by atoms with E-state index < -0.39 is 10.5 Å². The molecular formula is C10H11N3O3. The van der Waals surface area contributed by atoms with Crippen LogP contribution in [0.2, 0.25) is 0 Å². The van der Waals surface area contributed by atoms with Gasteiger partial charge in [-0.15, -0.1) is 0 Å². The van der Waals surface area contributed by atoms with Crippen LogP contribution in [0.5, 0.6) is 0 Å². The average molecular weight is 221 g/mol. The molecule has 1 aromatic rings. The van der Waals surface area contributed by atoms with Crippen molar-refractivity contribution in [3.8, 4) is 0 Å². The van der Waals surface area contributed by atoms with E-state index in [2.05, 4.69) is 5.32 Å². The maximum Gasteiger partial charge on any atom is 0.269 e. The van der Waals surface area contributed by atoms with E-state index in [1.54, 1.807) is 0 Å². The molecule has 0 bridgehead atoms. The van der Waals surface area contributed by atoms with Crippen molar-refractivity contribution in [2.24, 2.45) is 5.73 Å². The Labute approximate surface area is 91.6 Å². The Balaban J connectivity index is 2.05. The number of nitrogens with two attached hydrogens (primary N) is 1. The highest BCUT2D eigenvalue weighted by Crippen LogP contribution is 2.33. The standard InChI is InChI=1S/C10H11N3O3/c11-10(5-6-10)9(14)12-7-1-3-8(4-2-7)13(15)16/h1-4H,5-6,11H2,(H,12,14).